The van der Waals surface area contributed by atoms with Crippen LogP contribution in [-0.4, -0.2) is 0 Å². The molecule has 4 aromatic carbocycles. The van der Waals surface area contributed by atoms with Crippen LogP contribution >= 0.6 is 0 Å². The lowest BCUT2D eigenvalue weighted by atomic mass is 9.76. The molecule has 0 fully saturated rings. The van der Waals surface area contributed by atoms with E-state index in [-0.39, 0.29) is 10.8 Å². The number of benzene rings is 4. The first-order valence-corrected chi connectivity index (χ1v) is 13.3. The Morgan fingerprint density at radius 2 is 0.737 bits per heavy atom. The maximum Gasteiger partial charge on any atom is 0.0163 e. The van der Waals surface area contributed by atoms with Crippen LogP contribution in [0.3, 0.4) is 0 Å². The smallest absolute Gasteiger partial charge is 0.0163 e. The minimum Gasteiger partial charge on any atom is -0.0622 e. The summed E-state index contributed by atoms with van der Waals surface area (Å²) in [6, 6.07) is 42.3. The third-order valence-electron chi connectivity index (χ3n) is 6.89. The molecule has 0 radical (unpaired) electrons. The lowest BCUT2D eigenvalue weighted by Gasteiger charge is -2.27. The molecule has 0 atom stereocenters. The molecule has 0 N–H and O–H groups in total. The number of rotatable bonds is 8. The first-order chi connectivity index (χ1) is 18.4. The van der Waals surface area contributed by atoms with Crippen molar-refractivity contribution in [2.45, 2.75) is 40.5 Å². The van der Waals surface area contributed by atoms with Gasteiger partial charge in [-0.2, -0.15) is 0 Å². The highest BCUT2D eigenvalue weighted by Crippen LogP contribution is 2.38. The number of allylic oxidation sites excluding steroid dienone is 2. The van der Waals surface area contributed by atoms with Gasteiger partial charge in [0.15, 0.2) is 0 Å². The first-order valence-electron chi connectivity index (χ1n) is 13.3. The molecule has 0 saturated carbocycles. The van der Waals surface area contributed by atoms with Gasteiger partial charge in [-0.25, -0.2) is 0 Å². The Morgan fingerprint density at radius 1 is 0.447 bits per heavy atom. The minimum absolute atomic E-state index is 0.143. The van der Waals surface area contributed by atoms with Gasteiger partial charge in [-0.05, 0) is 46.6 Å². The van der Waals surface area contributed by atoms with Crippen molar-refractivity contribution in [2.75, 3.05) is 0 Å². The van der Waals surface area contributed by atoms with Crippen molar-refractivity contribution in [3.05, 3.63) is 167 Å². The van der Waals surface area contributed by atoms with Crippen LogP contribution in [0.5, 0.6) is 0 Å². The molecule has 0 bridgehead atoms. The summed E-state index contributed by atoms with van der Waals surface area (Å²) in [6.07, 6.45) is 1.82. The molecule has 0 aliphatic carbocycles. The normalized spacial score (nSPS) is 10.9. The summed E-state index contributed by atoms with van der Waals surface area (Å²) >= 11 is 0. The van der Waals surface area contributed by atoms with Crippen LogP contribution < -0.4 is 0 Å². The maximum absolute atomic E-state index is 3.48. The van der Waals surface area contributed by atoms with E-state index in [2.05, 4.69) is 172 Å². The minimum atomic E-state index is -0.143. The van der Waals surface area contributed by atoms with Gasteiger partial charge >= 0.3 is 0 Å². The van der Waals surface area contributed by atoms with Gasteiger partial charge < -0.3 is 0 Å². The highest BCUT2D eigenvalue weighted by molar-refractivity contribution is 5.71. The van der Waals surface area contributed by atoms with Crippen LogP contribution in [0.15, 0.2) is 144 Å². The van der Waals surface area contributed by atoms with Crippen molar-refractivity contribution in [3.63, 3.8) is 0 Å². The van der Waals surface area contributed by atoms with Crippen molar-refractivity contribution >= 4 is 11.1 Å². The molecular formula is C38H36. The van der Waals surface area contributed by atoms with Gasteiger partial charge in [0.1, 0.15) is 0 Å². The molecule has 4 aromatic rings. The molecule has 0 heteroatoms. The Hall–Kier alpha value is -4.26. The van der Waals surface area contributed by atoms with Crippen molar-refractivity contribution < 1.29 is 0 Å². The zero-order valence-electron chi connectivity index (χ0n) is 23.0. The zero-order valence-corrected chi connectivity index (χ0v) is 23.0. The van der Waals surface area contributed by atoms with Gasteiger partial charge in [-0.15, -0.1) is 0 Å². The van der Waals surface area contributed by atoms with Gasteiger partial charge in [-0.3, -0.25) is 0 Å². The van der Waals surface area contributed by atoms with Crippen LogP contribution in [-0.2, 0) is 12.8 Å². The summed E-state index contributed by atoms with van der Waals surface area (Å²) < 4.78 is 0. The third-order valence-corrected chi connectivity index (χ3v) is 6.89. The van der Waals surface area contributed by atoms with E-state index in [1.54, 1.807) is 0 Å². The van der Waals surface area contributed by atoms with Crippen LogP contribution in [0.25, 0.3) is 11.1 Å². The van der Waals surface area contributed by atoms with Gasteiger partial charge in [0.2, 0.25) is 0 Å². The standard InChI is InChI=1S/C38H36/c1-37(2,29-31-19-9-5-10-20-31)35(33-23-13-7-14-24-33)27-17-18-28-36(34-25-15-8-16-26-34)38(3,4)30-32-21-11-6-12-22-32/h5-16,19-26H,29-30H2,1-4H3. The summed E-state index contributed by atoms with van der Waals surface area (Å²) in [5, 5.41) is 0. The third kappa shape index (κ3) is 7.16. The molecule has 188 valence electrons. The monoisotopic (exact) mass is 492 g/mol. The molecule has 38 heavy (non-hydrogen) atoms. The highest BCUT2D eigenvalue weighted by atomic mass is 14.3. The molecule has 0 spiro atoms. The van der Waals surface area contributed by atoms with E-state index in [9.17, 15) is 0 Å². The Kier molecular flexibility index (Phi) is 8.69. The Balaban J connectivity index is 1.87. The maximum atomic E-state index is 3.48. The highest BCUT2D eigenvalue weighted by Gasteiger charge is 2.26. The number of hydrogen-bond acceptors (Lipinski definition) is 0. The van der Waals surface area contributed by atoms with Gasteiger partial charge in [0, 0.05) is 22.0 Å². The quantitative estimate of drug-likeness (QED) is 0.215. The Morgan fingerprint density at radius 3 is 1.05 bits per heavy atom. The molecule has 0 heterocycles. The van der Waals surface area contributed by atoms with E-state index in [1.165, 1.54) is 11.1 Å². The lowest BCUT2D eigenvalue weighted by Crippen LogP contribution is -2.17. The van der Waals surface area contributed by atoms with Crippen LogP contribution in [0.4, 0.5) is 0 Å². The Labute approximate surface area is 228 Å². The molecule has 4 rings (SSSR count). The van der Waals surface area contributed by atoms with E-state index in [1.807, 2.05) is 0 Å². The topological polar surface area (TPSA) is 0 Å². The van der Waals surface area contributed by atoms with Crippen molar-refractivity contribution in [1.82, 2.24) is 0 Å². The van der Waals surface area contributed by atoms with E-state index < -0.39 is 0 Å². The first kappa shape index (κ1) is 26.8. The summed E-state index contributed by atoms with van der Waals surface area (Å²) in [4.78, 5) is 0. The van der Waals surface area contributed by atoms with E-state index in [4.69, 9.17) is 0 Å². The van der Waals surface area contributed by atoms with Gasteiger partial charge in [0.25, 0.3) is 0 Å². The number of hydrogen-bond donors (Lipinski definition) is 0. The summed E-state index contributed by atoms with van der Waals surface area (Å²) in [5.41, 5.74) is 20.3. The summed E-state index contributed by atoms with van der Waals surface area (Å²) in [5.74, 6) is 0. The van der Waals surface area contributed by atoms with Crippen molar-refractivity contribution in [1.29, 1.82) is 0 Å². The fourth-order valence-electron chi connectivity index (χ4n) is 5.05. The van der Waals surface area contributed by atoms with Crippen molar-refractivity contribution in [3.8, 4) is 0 Å². The van der Waals surface area contributed by atoms with Gasteiger partial charge in [-0.1, -0.05) is 160 Å². The fraction of sp³-hybridized carbons (Fsp3) is 0.211. The zero-order chi connectivity index (χ0) is 26.8. The molecule has 0 aliphatic rings. The Bertz CT molecular complexity index is 1380. The molecular weight excluding hydrogens is 456 g/mol. The molecule has 0 aromatic heterocycles. The fourth-order valence-corrected chi connectivity index (χ4v) is 5.05. The average Bonchev–Trinajstić information content (AvgIpc) is 2.92. The predicted octanol–water partition coefficient (Wildman–Crippen LogP) is 9.76. The van der Waals surface area contributed by atoms with Crippen LogP contribution in [0, 0.1) is 10.8 Å². The van der Waals surface area contributed by atoms with E-state index in [0.29, 0.717) is 0 Å². The van der Waals surface area contributed by atoms with Crippen LogP contribution in [0.2, 0.25) is 0 Å². The molecule has 0 aliphatic heterocycles. The predicted molar refractivity (Wildman–Crippen MR) is 162 cm³/mol. The average molecular weight is 493 g/mol. The molecule has 0 saturated heterocycles. The van der Waals surface area contributed by atoms with Crippen molar-refractivity contribution in [2.24, 2.45) is 10.8 Å². The molecule has 0 amide bonds. The largest absolute Gasteiger partial charge is 0.0622 e. The second-order valence-electron chi connectivity index (χ2n) is 11.1. The summed E-state index contributed by atoms with van der Waals surface area (Å²) in [6.45, 7) is 9.09. The lowest BCUT2D eigenvalue weighted by molar-refractivity contribution is 0.498. The van der Waals surface area contributed by atoms with Crippen LogP contribution in [0.1, 0.15) is 49.9 Å². The second kappa shape index (κ2) is 12.3. The van der Waals surface area contributed by atoms with E-state index >= 15 is 0 Å². The summed E-state index contributed by atoms with van der Waals surface area (Å²) in [7, 11) is 0. The van der Waals surface area contributed by atoms with E-state index in [0.717, 1.165) is 35.1 Å². The SMILES string of the molecule is CC(C)(Cc1ccccc1)C(=C=C=C=C=C(c1ccccc1)C(C)(C)Cc1ccccc1)c1ccccc1. The van der Waals surface area contributed by atoms with Gasteiger partial charge in [0.05, 0.1) is 0 Å². The molecule has 0 unspecified atom stereocenters. The molecule has 0 nitrogen and oxygen atoms in total. The second-order valence-corrected chi connectivity index (χ2v) is 11.1.